The highest BCUT2D eigenvalue weighted by atomic mass is 16.2. The second-order valence-corrected chi connectivity index (χ2v) is 8.68. The van der Waals surface area contributed by atoms with Crippen LogP contribution in [0.5, 0.6) is 0 Å². The molecule has 7 nitrogen and oxygen atoms in total. The minimum Gasteiger partial charge on any atom is -0.302 e. The molecule has 3 amide bonds. The first kappa shape index (κ1) is 21.0. The Morgan fingerprint density at radius 3 is 2.52 bits per heavy atom. The number of rotatable bonds is 4. The smallest absolute Gasteiger partial charge is 0.302 e. The van der Waals surface area contributed by atoms with Crippen LogP contribution in [0.25, 0.3) is 6.08 Å². The van der Waals surface area contributed by atoms with Crippen LogP contribution in [0.1, 0.15) is 23.6 Å². The summed E-state index contributed by atoms with van der Waals surface area (Å²) in [5.41, 5.74) is 5.40. The first-order chi connectivity index (χ1) is 15.9. The third kappa shape index (κ3) is 3.31. The lowest BCUT2D eigenvalue weighted by atomic mass is 10.1. The zero-order valence-corrected chi connectivity index (χ0v) is 19.3. The Hall–Kier alpha value is -3.87. The van der Waals surface area contributed by atoms with Crippen LogP contribution in [-0.4, -0.2) is 58.4 Å². The summed E-state index contributed by atoms with van der Waals surface area (Å²) < 4.78 is 0. The van der Waals surface area contributed by atoms with E-state index in [9.17, 15) is 9.59 Å². The maximum Gasteiger partial charge on any atom is 0.328 e. The van der Waals surface area contributed by atoms with Crippen molar-refractivity contribution in [1.82, 2.24) is 14.7 Å². The fourth-order valence-electron chi connectivity index (χ4n) is 4.66. The Labute approximate surface area is 193 Å². The molecule has 2 unspecified atom stereocenters. The Kier molecular flexibility index (Phi) is 5.04. The van der Waals surface area contributed by atoms with Gasteiger partial charge in [0, 0.05) is 25.5 Å². The number of amides is 3. The molecule has 1 fully saturated rings. The van der Waals surface area contributed by atoms with Crippen LogP contribution in [-0.2, 0) is 4.79 Å². The van der Waals surface area contributed by atoms with E-state index in [1.807, 2.05) is 66.6 Å². The predicted molar refractivity (Wildman–Crippen MR) is 129 cm³/mol. The van der Waals surface area contributed by atoms with Gasteiger partial charge in [0.1, 0.15) is 0 Å². The van der Waals surface area contributed by atoms with E-state index < -0.39 is 12.2 Å². The first-order valence-electron chi connectivity index (χ1n) is 11.1. The number of urea groups is 1. The second kappa shape index (κ2) is 7.92. The molecule has 2 atom stereocenters. The fraction of sp³-hybridized carbons (Fsp3) is 0.269. The molecule has 0 saturated carbocycles. The standard InChI is InChI=1S/C26H27N5O2/c1-17-10-8-14-21(19(17)3)31-18(2)16-30-22-23(27-25(30)31)28(4)26(33)29(24(22)32)15-9-13-20-11-6-5-7-12-20/h5-14,16,22-23H,15H2,1-4H3/b13-9+. The van der Waals surface area contributed by atoms with Gasteiger partial charge in [-0.2, -0.15) is 0 Å². The number of aliphatic imine (C=N–C) groups is 1. The fourth-order valence-corrected chi connectivity index (χ4v) is 4.66. The highest BCUT2D eigenvalue weighted by Crippen LogP contribution is 2.38. The molecule has 0 bridgehead atoms. The van der Waals surface area contributed by atoms with Gasteiger partial charge in [-0.15, -0.1) is 0 Å². The number of carbonyl (C=O) groups excluding carboxylic acids is 2. The van der Waals surface area contributed by atoms with Crippen molar-refractivity contribution in [2.24, 2.45) is 4.99 Å². The molecule has 3 aliphatic rings. The number of hydrogen-bond donors (Lipinski definition) is 0. The SMILES string of the molecule is CC1=CN2C(=NC3C2C(=O)N(C/C=C/c2ccccc2)C(=O)N3C)N1c1cccc(C)c1C. The number of imide groups is 1. The third-order valence-electron chi connectivity index (χ3n) is 6.60. The summed E-state index contributed by atoms with van der Waals surface area (Å²) in [6.45, 7) is 6.40. The van der Waals surface area contributed by atoms with Gasteiger partial charge in [0.05, 0.1) is 5.69 Å². The van der Waals surface area contributed by atoms with E-state index in [1.165, 1.54) is 10.5 Å². The summed E-state index contributed by atoms with van der Waals surface area (Å²) in [5, 5.41) is 0. The van der Waals surface area contributed by atoms with Crippen molar-refractivity contribution in [1.29, 1.82) is 0 Å². The van der Waals surface area contributed by atoms with Gasteiger partial charge in [0.2, 0.25) is 5.96 Å². The molecule has 0 radical (unpaired) electrons. The molecule has 0 aliphatic carbocycles. The molecule has 33 heavy (non-hydrogen) atoms. The lowest BCUT2D eigenvalue weighted by Crippen LogP contribution is -2.64. The molecule has 0 aromatic heterocycles. The molecular formula is C26H27N5O2. The topological polar surface area (TPSA) is 59.5 Å². The first-order valence-corrected chi connectivity index (χ1v) is 11.1. The number of carbonyl (C=O) groups is 2. The number of allylic oxidation sites excluding steroid dienone is 1. The second-order valence-electron chi connectivity index (χ2n) is 8.68. The van der Waals surface area contributed by atoms with Crippen LogP contribution < -0.4 is 4.90 Å². The van der Waals surface area contributed by atoms with E-state index in [1.54, 1.807) is 11.9 Å². The molecule has 3 aliphatic heterocycles. The molecule has 1 saturated heterocycles. The van der Waals surface area contributed by atoms with Gasteiger partial charge in [-0.3, -0.25) is 14.6 Å². The van der Waals surface area contributed by atoms with E-state index in [4.69, 9.17) is 4.99 Å². The highest BCUT2D eigenvalue weighted by molar-refractivity contribution is 6.10. The minimum absolute atomic E-state index is 0.215. The monoisotopic (exact) mass is 441 g/mol. The van der Waals surface area contributed by atoms with E-state index in [-0.39, 0.29) is 18.5 Å². The molecule has 5 rings (SSSR count). The van der Waals surface area contributed by atoms with Crippen LogP contribution in [0.4, 0.5) is 10.5 Å². The van der Waals surface area contributed by atoms with Gasteiger partial charge in [-0.25, -0.2) is 9.79 Å². The molecule has 2 aromatic carbocycles. The maximum absolute atomic E-state index is 13.5. The van der Waals surface area contributed by atoms with E-state index in [2.05, 4.69) is 30.9 Å². The van der Waals surface area contributed by atoms with Crippen molar-refractivity contribution in [3.63, 3.8) is 0 Å². The van der Waals surface area contributed by atoms with Gasteiger partial charge in [0.15, 0.2) is 12.2 Å². The summed E-state index contributed by atoms with van der Waals surface area (Å²) >= 11 is 0. The predicted octanol–water partition coefficient (Wildman–Crippen LogP) is 3.96. The molecular weight excluding hydrogens is 414 g/mol. The maximum atomic E-state index is 13.5. The Morgan fingerprint density at radius 1 is 1.00 bits per heavy atom. The highest BCUT2D eigenvalue weighted by Gasteiger charge is 2.54. The van der Waals surface area contributed by atoms with Crippen molar-refractivity contribution in [3.05, 3.63) is 83.2 Å². The Bertz CT molecular complexity index is 1220. The minimum atomic E-state index is -0.571. The summed E-state index contributed by atoms with van der Waals surface area (Å²) in [7, 11) is 1.71. The Morgan fingerprint density at radius 2 is 1.76 bits per heavy atom. The molecule has 0 spiro atoms. The van der Waals surface area contributed by atoms with Crippen molar-refractivity contribution in [2.75, 3.05) is 18.5 Å². The van der Waals surface area contributed by atoms with Gasteiger partial charge >= 0.3 is 6.03 Å². The van der Waals surface area contributed by atoms with Crippen molar-refractivity contribution < 1.29 is 9.59 Å². The van der Waals surface area contributed by atoms with Gasteiger partial charge < -0.3 is 9.80 Å². The van der Waals surface area contributed by atoms with Gasteiger partial charge in [-0.1, -0.05) is 54.6 Å². The number of guanidine groups is 1. The van der Waals surface area contributed by atoms with Crippen LogP contribution in [0, 0.1) is 13.8 Å². The molecule has 0 N–H and O–H groups in total. The van der Waals surface area contributed by atoms with Gasteiger partial charge in [0.25, 0.3) is 5.91 Å². The lowest BCUT2D eigenvalue weighted by molar-refractivity contribution is -0.136. The lowest BCUT2D eigenvalue weighted by Gasteiger charge is -2.39. The number of benzene rings is 2. The summed E-state index contributed by atoms with van der Waals surface area (Å²) in [6.07, 6.45) is 5.19. The third-order valence-corrected chi connectivity index (χ3v) is 6.60. The van der Waals surface area contributed by atoms with Gasteiger partial charge in [-0.05, 0) is 43.5 Å². The summed E-state index contributed by atoms with van der Waals surface area (Å²) in [5.74, 6) is 0.456. The van der Waals surface area contributed by atoms with E-state index >= 15 is 0 Å². The van der Waals surface area contributed by atoms with E-state index in [0.717, 1.165) is 22.5 Å². The molecule has 2 aromatic rings. The van der Waals surface area contributed by atoms with Crippen LogP contribution >= 0.6 is 0 Å². The van der Waals surface area contributed by atoms with E-state index in [0.29, 0.717) is 5.96 Å². The number of likely N-dealkylation sites (N-methyl/N-ethyl adjacent to an activating group) is 1. The van der Waals surface area contributed by atoms with Crippen molar-refractivity contribution in [3.8, 4) is 0 Å². The van der Waals surface area contributed by atoms with Crippen molar-refractivity contribution >= 4 is 29.7 Å². The zero-order chi connectivity index (χ0) is 23.3. The number of aryl methyl sites for hydroxylation is 1. The van der Waals surface area contributed by atoms with Crippen LogP contribution in [0.3, 0.4) is 0 Å². The Balaban J connectivity index is 1.43. The average Bonchev–Trinajstić information content (AvgIpc) is 3.32. The number of anilines is 1. The van der Waals surface area contributed by atoms with Crippen LogP contribution in [0.15, 0.2) is 71.5 Å². The van der Waals surface area contributed by atoms with Crippen LogP contribution in [0.2, 0.25) is 0 Å². The largest absolute Gasteiger partial charge is 0.328 e. The number of hydrogen-bond acceptors (Lipinski definition) is 5. The summed E-state index contributed by atoms with van der Waals surface area (Å²) in [6, 6.07) is 15.1. The number of fused-ring (bicyclic) bond motifs is 3. The quantitative estimate of drug-likeness (QED) is 0.721. The molecule has 3 heterocycles. The van der Waals surface area contributed by atoms with Crippen molar-refractivity contribution in [2.45, 2.75) is 33.0 Å². The number of nitrogens with zero attached hydrogens (tertiary/aromatic N) is 5. The summed E-state index contributed by atoms with van der Waals surface area (Å²) in [4.78, 5) is 38.3. The average molecular weight is 442 g/mol. The molecule has 168 valence electrons. The normalized spacial score (nSPS) is 22.2. The zero-order valence-electron chi connectivity index (χ0n) is 19.3. The molecule has 7 heteroatoms.